The Morgan fingerprint density at radius 1 is 1.06 bits per heavy atom. The standard InChI is InChI=1S/C24H31FN2O5S/c1-17(18-9-14-22(31-2)23(15-18)32-3)26-24(28)16-27(20-7-5-4-6-8-20)33(29,30)21-12-10-19(25)11-13-21/h9-15,17,20H,4-8,16H2,1-3H3,(H,26,28). The van der Waals surface area contributed by atoms with Gasteiger partial charge in [0.2, 0.25) is 15.9 Å². The fourth-order valence-electron chi connectivity index (χ4n) is 4.16. The summed E-state index contributed by atoms with van der Waals surface area (Å²) in [6, 6.07) is 9.42. The molecule has 33 heavy (non-hydrogen) atoms. The van der Waals surface area contributed by atoms with Crippen molar-refractivity contribution in [3.8, 4) is 11.5 Å². The van der Waals surface area contributed by atoms with Gasteiger partial charge in [0.25, 0.3) is 0 Å². The Morgan fingerprint density at radius 3 is 2.30 bits per heavy atom. The molecule has 0 spiro atoms. The highest BCUT2D eigenvalue weighted by Crippen LogP contribution is 2.30. The number of halogens is 1. The first kappa shape index (κ1) is 25.0. The molecule has 2 aromatic carbocycles. The third-order valence-corrected chi connectivity index (χ3v) is 7.90. The molecule has 0 radical (unpaired) electrons. The predicted octanol–water partition coefficient (Wildman–Crippen LogP) is 4.04. The van der Waals surface area contributed by atoms with Crippen molar-refractivity contribution >= 4 is 15.9 Å². The van der Waals surface area contributed by atoms with Crippen LogP contribution < -0.4 is 14.8 Å². The zero-order chi connectivity index (χ0) is 24.0. The monoisotopic (exact) mass is 478 g/mol. The highest BCUT2D eigenvalue weighted by atomic mass is 32.2. The average molecular weight is 479 g/mol. The lowest BCUT2D eigenvalue weighted by Crippen LogP contribution is -2.47. The van der Waals surface area contributed by atoms with Gasteiger partial charge in [0.15, 0.2) is 11.5 Å². The molecule has 0 saturated heterocycles. The summed E-state index contributed by atoms with van der Waals surface area (Å²) in [5.74, 6) is 0.195. The number of carbonyl (C=O) groups excluding carboxylic acids is 1. The first-order valence-electron chi connectivity index (χ1n) is 11.0. The number of methoxy groups -OCH3 is 2. The summed E-state index contributed by atoms with van der Waals surface area (Å²) >= 11 is 0. The third-order valence-electron chi connectivity index (χ3n) is 5.99. The smallest absolute Gasteiger partial charge is 0.243 e. The van der Waals surface area contributed by atoms with Crippen molar-refractivity contribution in [3.63, 3.8) is 0 Å². The van der Waals surface area contributed by atoms with Crippen molar-refractivity contribution in [2.45, 2.75) is 56.0 Å². The molecule has 1 N–H and O–H groups in total. The van der Waals surface area contributed by atoms with E-state index >= 15 is 0 Å². The maximum atomic E-state index is 13.4. The Balaban J connectivity index is 1.79. The van der Waals surface area contributed by atoms with Crippen LogP contribution in [0.5, 0.6) is 11.5 Å². The van der Waals surface area contributed by atoms with E-state index in [9.17, 15) is 17.6 Å². The van der Waals surface area contributed by atoms with Crippen LogP contribution in [-0.4, -0.2) is 45.4 Å². The number of nitrogens with one attached hydrogen (secondary N) is 1. The van der Waals surface area contributed by atoms with Gasteiger partial charge in [0, 0.05) is 6.04 Å². The fourth-order valence-corrected chi connectivity index (χ4v) is 5.80. The minimum absolute atomic E-state index is 0.0183. The number of hydrogen-bond donors (Lipinski definition) is 1. The van der Waals surface area contributed by atoms with Gasteiger partial charge >= 0.3 is 0 Å². The Hall–Kier alpha value is -2.65. The van der Waals surface area contributed by atoms with Gasteiger partial charge in [-0.2, -0.15) is 4.31 Å². The zero-order valence-electron chi connectivity index (χ0n) is 19.2. The molecule has 1 aliphatic carbocycles. The van der Waals surface area contributed by atoms with Crippen LogP contribution in [0, 0.1) is 5.82 Å². The van der Waals surface area contributed by atoms with Gasteiger partial charge in [-0.15, -0.1) is 0 Å². The SMILES string of the molecule is COc1ccc(C(C)NC(=O)CN(C2CCCCC2)S(=O)(=O)c2ccc(F)cc2)cc1OC. The van der Waals surface area contributed by atoms with Crippen molar-refractivity contribution in [3.05, 3.63) is 53.8 Å². The van der Waals surface area contributed by atoms with E-state index in [0.717, 1.165) is 37.0 Å². The lowest BCUT2D eigenvalue weighted by Gasteiger charge is -2.33. The molecule has 7 nitrogen and oxygen atoms in total. The highest BCUT2D eigenvalue weighted by molar-refractivity contribution is 7.89. The molecule has 0 bridgehead atoms. The Kier molecular flexibility index (Phi) is 8.31. The summed E-state index contributed by atoms with van der Waals surface area (Å²) < 4.78 is 52.0. The summed E-state index contributed by atoms with van der Waals surface area (Å²) in [6.07, 6.45) is 4.24. The number of rotatable bonds is 9. The number of sulfonamides is 1. The predicted molar refractivity (Wildman–Crippen MR) is 123 cm³/mol. The minimum Gasteiger partial charge on any atom is -0.493 e. The van der Waals surface area contributed by atoms with Gasteiger partial charge < -0.3 is 14.8 Å². The minimum atomic E-state index is -3.96. The molecule has 0 heterocycles. The van der Waals surface area contributed by atoms with Crippen LogP contribution in [0.25, 0.3) is 0 Å². The van der Waals surface area contributed by atoms with Crippen LogP contribution in [0.15, 0.2) is 47.4 Å². The van der Waals surface area contributed by atoms with Crippen LogP contribution in [0.2, 0.25) is 0 Å². The molecule has 3 rings (SSSR count). The molecule has 0 aromatic heterocycles. The molecule has 1 fully saturated rings. The van der Waals surface area contributed by atoms with Crippen LogP contribution in [0.4, 0.5) is 4.39 Å². The summed E-state index contributed by atoms with van der Waals surface area (Å²) in [5.41, 5.74) is 0.798. The second-order valence-corrected chi connectivity index (χ2v) is 10.1. The number of benzene rings is 2. The number of carbonyl (C=O) groups is 1. The number of hydrogen-bond acceptors (Lipinski definition) is 5. The molecule has 1 amide bonds. The third kappa shape index (κ3) is 6.03. The first-order chi connectivity index (χ1) is 15.8. The van der Waals surface area contributed by atoms with Gasteiger partial charge in [-0.1, -0.05) is 25.3 Å². The van der Waals surface area contributed by atoms with Crippen LogP contribution in [-0.2, 0) is 14.8 Å². The van der Waals surface area contributed by atoms with Gasteiger partial charge in [0.05, 0.1) is 31.7 Å². The van der Waals surface area contributed by atoms with E-state index < -0.39 is 21.7 Å². The van der Waals surface area contributed by atoms with Crippen LogP contribution in [0.1, 0.15) is 50.6 Å². The fraction of sp³-hybridized carbons (Fsp3) is 0.458. The zero-order valence-corrected chi connectivity index (χ0v) is 20.0. The second kappa shape index (κ2) is 11.0. The lowest BCUT2D eigenvalue weighted by atomic mass is 9.95. The van der Waals surface area contributed by atoms with Gasteiger partial charge in [-0.3, -0.25) is 4.79 Å². The van der Waals surface area contributed by atoms with E-state index in [4.69, 9.17) is 9.47 Å². The van der Waals surface area contributed by atoms with Gasteiger partial charge in [0.1, 0.15) is 5.82 Å². The molecule has 2 aromatic rings. The lowest BCUT2D eigenvalue weighted by molar-refractivity contribution is -0.122. The second-order valence-electron chi connectivity index (χ2n) is 8.20. The van der Waals surface area contributed by atoms with E-state index in [2.05, 4.69) is 5.32 Å². The molecule has 1 saturated carbocycles. The maximum Gasteiger partial charge on any atom is 0.243 e. The van der Waals surface area contributed by atoms with Crippen molar-refractivity contribution in [1.29, 1.82) is 0 Å². The van der Waals surface area contributed by atoms with E-state index in [1.165, 1.54) is 23.5 Å². The average Bonchev–Trinajstić information content (AvgIpc) is 2.82. The molecular weight excluding hydrogens is 447 g/mol. The first-order valence-corrected chi connectivity index (χ1v) is 12.5. The maximum absolute atomic E-state index is 13.4. The van der Waals surface area contributed by atoms with Crippen molar-refractivity contribution in [1.82, 2.24) is 9.62 Å². The molecule has 180 valence electrons. The summed E-state index contributed by atoms with van der Waals surface area (Å²) in [5, 5.41) is 2.89. The largest absolute Gasteiger partial charge is 0.493 e. The van der Waals surface area contributed by atoms with Gasteiger partial charge in [-0.05, 0) is 61.7 Å². The topological polar surface area (TPSA) is 84.9 Å². The Labute approximate surface area is 194 Å². The van der Waals surface area contributed by atoms with Crippen molar-refractivity contribution < 1.29 is 27.1 Å². The van der Waals surface area contributed by atoms with Crippen LogP contribution >= 0.6 is 0 Å². The molecular formula is C24H31FN2O5S. The summed E-state index contributed by atoms with van der Waals surface area (Å²) in [6.45, 7) is 1.51. The molecule has 9 heteroatoms. The van der Waals surface area contributed by atoms with Crippen LogP contribution in [0.3, 0.4) is 0 Å². The quantitative estimate of drug-likeness (QED) is 0.588. The summed E-state index contributed by atoms with van der Waals surface area (Å²) in [7, 11) is -0.883. The van der Waals surface area contributed by atoms with E-state index in [1.807, 2.05) is 13.0 Å². The van der Waals surface area contributed by atoms with Gasteiger partial charge in [-0.25, -0.2) is 12.8 Å². The van der Waals surface area contributed by atoms with Crippen molar-refractivity contribution in [2.75, 3.05) is 20.8 Å². The number of amides is 1. The molecule has 1 aliphatic rings. The van der Waals surface area contributed by atoms with Crippen molar-refractivity contribution in [2.24, 2.45) is 0 Å². The number of ether oxygens (including phenoxy) is 2. The Bertz CT molecular complexity index is 1050. The van der Waals surface area contributed by atoms with E-state index in [-0.39, 0.29) is 23.5 Å². The molecule has 1 atom stereocenters. The van der Waals surface area contributed by atoms with E-state index in [0.29, 0.717) is 24.3 Å². The summed E-state index contributed by atoms with van der Waals surface area (Å²) in [4.78, 5) is 12.9. The van der Waals surface area contributed by atoms with E-state index in [1.54, 1.807) is 19.2 Å². The molecule has 1 unspecified atom stereocenters. The molecule has 0 aliphatic heterocycles. The number of nitrogens with zero attached hydrogens (tertiary/aromatic N) is 1. The highest BCUT2D eigenvalue weighted by Gasteiger charge is 2.34. The Morgan fingerprint density at radius 2 is 1.70 bits per heavy atom. The normalized spacial score (nSPS) is 15.8.